The number of benzene rings is 3. The van der Waals surface area contributed by atoms with Crippen LogP contribution in [0.1, 0.15) is 18.1 Å². The van der Waals surface area contributed by atoms with Crippen molar-refractivity contribution >= 4 is 68.8 Å². The average Bonchev–Trinajstić information content (AvgIpc) is 3.48. The van der Waals surface area contributed by atoms with E-state index in [0.29, 0.717) is 0 Å². The molecule has 1 amide bonds. The predicted octanol–water partition coefficient (Wildman–Crippen LogP) is 6.20. The Morgan fingerprint density at radius 1 is 0.971 bits per heavy atom. The van der Waals surface area contributed by atoms with Crippen molar-refractivity contribution in [1.29, 1.82) is 0 Å². The quantitative estimate of drug-likeness (QED) is 0.143. The average molecular weight is 518 g/mol. The fourth-order valence-electron chi connectivity index (χ4n) is 3.86. The third-order valence-corrected chi connectivity index (χ3v) is 8.70. The van der Waals surface area contributed by atoms with Crippen molar-refractivity contribution < 1.29 is 4.79 Å². The minimum absolute atomic E-state index is 0.177. The Bertz CT molecular complexity index is 1490. The van der Waals surface area contributed by atoms with Crippen molar-refractivity contribution in [3.05, 3.63) is 83.9 Å². The molecule has 0 spiro atoms. The van der Waals surface area contributed by atoms with Crippen LogP contribution in [0.15, 0.2) is 86.6 Å². The highest BCUT2D eigenvalue weighted by Gasteiger charge is 2.10. The van der Waals surface area contributed by atoms with Crippen LogP contribution in [-0.4, -0.2) is 32.6 Å². The Kier molecular flexibility index (Phi) is 7.46. The lowest BCUT2D eigenvalue weighted by Gasteiger charge is -2.02. The normalized spacial score (nSPS) is 11.6. The number of para-hydroxylation sites is 1. The van der Waals surface area contributed by atoms with Crippen LogP contribution in [0.2, 0.25) is 0 Å². The van der Waals surface area contributed by atoms with Gasteiger partial charge in [0, 0.05) is 34.1 Å². The van der Waals surface area contributed by atoms with E-state index in [9.17, 15) is 4.79 Å². The fraction of sp³-hybridized carbons (Fsp3) is 0.154. The van der Waals surface area contributed by atoms with Gasteiger partial charge in [-0.1, -0.05) is 89.5 Å². The summed E-state index contributed by atoms with van der Waals surface area (Å²) in [4.78, 5) is 12.3. The van der Waals surface area contributed by atoms with E-state index in [1.807, 2.05) is 24.3 Å². The van der Waals surface area contributed by atoms with Gasteiger partial charge < -0.3 is 4.57 Å². The minimum atomic E-state index is -0.177. The molecule has 2 aromatic heterocycles. The number of carbonyl (C=O) groups is 1. The maximum Gasteiger partial charge on any atom is 0.250 e. The Labute approximate surface area is 215 Å². The number of rotatable bonds is 9. The number of carbonyl (C=O) groups excluding carboxylic acids is 1. The number of nitrogens with zero attached hydrogens (tertiary/aromatic N) is 4. The second-order valence-corrected chi connectivity index (χ2v) is 11.2. The molecule has 0 bridgehead atoms. The van der Waals surface area contributed by atoms with Gasteiger partial charge in [0.2, 0.25) is 0 Å². The summed E-state index contributed by atoms with van der Waals surface area (Å²) in [5.74, 6) is 0.905. The smallest absolute Gasteiger partial charge is 0.250 e. The van der Waals surface area contributed by atoms with Gasteiger partial charge in [0.25, 0.3) is 5.91 Å². The lowest BCUT2D eigenvalue weighted by atomic mass is 10.1. The minimum Gasteiger partial charge on any atom is -0.341 e. The molecule has 0 aliphatic carbocycles. The number of aromatic nitrogens is 3. The largest absolute Gasteiger partial charge is 0.341 e. The Balaban J connectivity index is 1.15. The number of thioether (sulfide) groups is 2. The fourth-order valence-corrected chi connectivity index (χ4v) is 6.63. The van der Waals surface area contributed by atoms with E-state index in [1.54, 1.807) is 18.0 Å². The van der Waals surface area contributed by atoms with Gasteiger partial charge in [-0.3, -0.25) is 4.79 Å². The summed E-state index contributed by atoms with van der Waals surface area (Å²) in [5, 5.41) is 15.0. The summed E-state index contributed by atoms with van der Waals surface area (Å²) in [7, 11) is 0. The Hall–Kier alpha value is -3.14. The zero-order valence-corrected chi connectivity index (χ0v) is 21.5. The number of fused-ring (bicyclic) bond motifs is 3. The third-order valence-electron chi connectivity index (χ3n) is 5.44. The highest BCUT2D eigenvalue weighted by Crippen LogP contribution is 2.31. The lowest BCUT2D eigenvalue weighted by Crippen LogP contribution is -2.19. The second-order valence-electron chi connectivity index (χ2n) is 7.73. The van der Waals surface area contributed by atoms with Crippen LogP contribution in [0.4, 0.5) is 0 Å². The molecule has 0 aliphatic rings. The van der Waals surface area contributed by atoms with Gasteiger partial charge in [0.05, 0.1) is 12.0 Å². The van der Waals surface area contributed by atoms with E-state index in [1.165, 1.54) is 50.5 Å². The first kappa shape index (κ1) is 23.6. The van der Waals surface area contributed by atoms with Gasteiger partial charge in [-0.15, -0.1) is 10.2 Å². The number of amides is 1. The third kappa shape index (κ3) is 5.58. The van der Waals surface area contributed by atoms with Crippen LogP contribution in [0, 0.1) is 0 Å². The van der Waals surface area contributed by atoms with Crippen LogP contribution < -0.4 is 5.43 Å². The number of hydrazone groups is 1. The molecular formula is C26H23N5OS3. The van der Waals surface area contributed by atoms with Gasteiger partial charge in [0.15, 0.2) is 8.68 Å². The molecule has 6 nitrogen and oxygen atoms in total. The standard InChI is InChI=1S/C26H23N5OS3/c1-2-31-22-11-7-6-10-20(22)21-14-19(12-13-23(21)31)15-27-28-24(32)17-34-26-30-29-25(35-26)33-16-18-8-4-3-5-9-18/h3-15H,2,16-17H2,1H3,(H,28,32). The summed E-state index contributed by atoms with van der Waals surface area (Å²) in [6.07, 6.45) is 1.68. The van der Waals surface area contributed by atoms with Crippen molar-refractivity contribution in [1.82, 2.24) is 20.2 Å². The molecule has 5 aromatic rings. The van der Waals surface area contributed by atoms with Crippen molar-refractivity contribution in [2.24, 2.45) is 5.10 Å². The molecule has 0 radical (unpaired) electrons. The van der Waals surface area contributed by atoms with E-state index in [4.69, 9.17) is 0 Å². The van der Waals surface area contributed by atoms with Gasteiger partial charge in [-0.05, 0) is 36.2 Å². The van der Waals surface area contributed by atoms with Crippen LogP contribution in [-0.2, 0) is 17.1 Å². The Morgan fingerprint density at radius 2 is 1.71 bits per heavy atom. The summed E-state index contributed by atoms with van der Waals surface area (Å²) in [6.45, 7) is 3.06. The molecule has 0 aliphatic heterocycles. The predicted molar refractivity (Wildman–Crippen MR) is 147 cm³/mol. The van der Waals surface area contributed by atoms with E-state index in [2.05, 4.69) is 80.7 Å². The van der Waals surface area contributed by atoms with E-state index < -0.39 is 0 Å². The topological polar surface area (TPSA) is 72.2 Å². The van der Waals surface area contributed by atoms with Crippen LogP contribution in [0.25, 0.3) is 21.8 Å². The number of nitrogens with one attached hydrogen (secondary N) is 1. The molecule has 2 heterocycles. The molecule has 1 N–H and O–H groups in total. The van der Waals surface area contributed by atoms with Gasteiger partial charge in [0.1, 0.15) is 0 Å². The molecule has 176 valence electrons. The lowest BCUT2D eigenvalue weighted by molar-refractivity contribution is -0.118. The molecule has 3 aromatic carbocycles. The van der Waals surface area contributed by atoms with Crippen LogP contribution in [0.5, 0.6) is 0 Å². The van der Waals surface area contributed by atoms with Crippen LogP contribution >= 0.6 is 34.9 Å². The first-order valence-electron chi connectivity index (χ1n) is 11.2. The van der Waals surface area contributed by atoms with Crippen molar-refractivity contribution in [2.45, 2.75) is 27.9 Å². The van der Waals surface area contributed by atoms with E-state index in [0.717, 1.165) is 26.5 Å². The molecule has 5 rings (SSSR count). The molecule has 9 heteroatoms. The molecule has 0 unspecified atom stereocenters. The van der Waals surface area contributed by atoms with Gasteiger partial charge in [-0.25, -0.2) is 5.43 Å². The molecular weight excluding hydrogens is 495 g/mol. The number of hydrogen-bond acceptors (Lipinski definition) is 7. The molecule has 0 saturated carbocycles. The SMILES string of the molecule is CCn1c2ccccc2c2cc(C=NNC(=O)CSc3nnc(SCc4ccccc4)s3)ccc21. The summed E-state index contributed by atoms with van der Waals surface area (Å²) < 4.78 is 3.98. The van der Waals surface area contributed by atoms with Crippen molar-refractivity contribution in [3.63, 3.8) is 0 Å². The Morgan fingerprint density at radius 3 is 2.54 bits per heavy atom. The summed E-state index contributed by atoms with van der Waals surface area (Å²) in [5.41, 5.74) is 7.22. The molecule has 35 heavy (non-hydrogen) atoms. The van der Waals surface area contributed by atoms with Crippen LogP contribution in [0.3, 0.4) is 0 Å². The summed E-state index contributed by atoms with van der Waals surface area (Å²) in [6, 6.07) is 24.9. The maximum atomic E-state index is 12.3. The zero-order valence-electron chi connectivity index (χ0n) is 19.0. The molecule has 0 saturated heterocycles. The van der Waals surface area contributed by atoms with E-state index >= 15 is 0 Å². The highest BCUT2D eigenvalue weighted by molar-refractivity contribution is 8.03. The monoisotopic (exact) mass is 517 g/mol. The highest BCUT2D eigenvalue weighted by atomic mass is 32.2. The zero-order chi connectivity index (χ0) is 24.0. The maximum absolute atomic E-state index is 12.3. The molecule has 0 atom stereocenters. The van der Waals surface area contributed by atoms with E-state index in [-0.39, 0.29) is 11.7 Å². The van der Waals surface area contributed by atoms with Crippen molar-refractivity contribution in [2.75, 3.05) is 5.75 Å². The van der Waals surface area contributed by atoms with Crippen molar-refractivity contribution in [3.8, 4) is 0 Å². The van der Waals surface area contributed by atoms with Gasteiger partial charge in [-0.2, -0.15) is 5.10 Å². The second kappa shape index (κ2) is 11.1. The first-order valence-corrected chi connectivity index (χ1v) is 14.0. The number of aryl methyl sites for hydroxylation is 1. The number of hydrogen-bond donors (Lipinski definition) is 1. The summed E-state index contributed by atoms with van der Waals surface area (Å²) >= 11 is 4.52. The molecule has 0 fully saturated rings. The van der Waals surface area contributed by atoms with Gasteiger partial charge >= 0.3 is 0 Å². The first-order chi connectivity index (χ1) is 17.2.